The summed E-state index contributed by atoms with van der Waals surface area (Å²) in [6.07, 6.45) is 0.898. The molecule has 2 nitrogen and oxygen atoms in total. The lowest BCUT2D eigenvalue weighted by atomic mass is 10.0. The SMILES string of the molecule is Clc1ccc(C(OCCC2SCN(Cc3ccccc3)CS2)c2ccc(Cl)cc2)cc1. The Morgan fingerprint density at radius 3 is 1.90 bits per heavy atom. The van der Waals surface area contributed by atoms with E-state index >= 15 is 0 Å². The highest BCUT2D eigenvalue weighted by atomic mass is 35.5. The minimum atomic E-state index is -0.122. The van der Waals surface area contributed by atoms with E-state index in [0.29, 0.717) is 11.2 Å². The van der Waals surface area contributed by atoms with Crippen molar-refractivity contribution in [3.8, 4) is 0 Å². The summed E-state index contributed by atoms with van der Waals surface area (Å²) in [5.41, 5.74) is 3.58. The molecule has 0 atom stereocenters. The highest BCUT2D eigenvalue weighted by Crippen LogP contribution is 2.35. The molecule has 0 radical (unpaired) electrons. The van der Waals surface area contributed by atoms with Crippen molar-refractivity contribution >= 4 is 46.7 Å². The summed E-state index contributed by atoms with van der Waals surface area (Å²) in [5.74, 6) is 2.12. The largest absolute Gasteiger partial charge is 0.369 e. The average molecular weight is 491 g/mol. The van der Waals surface area contributed by atoms with Crippen molar-refractivity contribution in [2.75, 3.05) is 18.4 Å². The molecule has 1 heterocycles. The zero-order valence-corrected chi connectivity index (χ0v) is 20.3. The first-order valence-electron chi connectivity index (χ1n) is 10.3. The quantitative estimate of drug-likeness (QED) is 0.320. The monoisotopic (exact) mass is 489 g/mol. The summed E-state index contributed by atoms with van der Waals surface area (Å²) < 4.78 is 6.95. The Balaban J connectivity index is 1.30. The van der Waals surface area contributed by atoms with Gasteiger partial charge >= 0.3 is 0 Å². The highest BCUT2D eigenvalue weighted by molar-refractivity contribution is 8.17. The van der Waals surface area contributed by atoms with E-state index in [2.05, 4.69) is 35.2 Å². The van der Waals surface area contributed by atoms with Crippen LogP contribution in [0.3, 0.4) is 0 Å². The summed E-state index contributed by atoms with van der Waals surface area (Å²) >= 11 is 16.2. The third-order valence-electron chi connectivity index (χ3n) is 5.12. The van der Waals surface area contributed by atoms with Crippen molar-refractivity contribution in [3.63, 3.8) is 0 Å². The molecule has 0 unspecified atom stereocenters. The third-order valence-corrected chi connectivity index (χ3v) is 8.68. The number of benzene rings is 3. The highest BCUT2D eigenvalue weighted by Gasteiger charge is 2.21. The maximum Gasteiger partial charge on any atom is 0.108 e. The zero-order valence-electron chi connectivity index (χ0n) is 17.1. The fourth-order valence-corrected chi connectivity index (χ4v) is 6.27. The van der Waals surface area contributed by atoms with Gasteiger partial charge in [0.1, 0.15) is 6.10 Å². The van der Waals surface area contributed by atoms with Gasteiger partial charge in [-0.3, -0.25) is 4.90 Å². The van der Waals surface area contributed by atoms with Crippen LogP contribution in [0.5, 0.6) is 0 Å². The van der Waals surface area contributed by atoms with Crippen molar-refractivity contribution in [1.82, 2.24) is 4.90 Å². The molecule has 3 aromatic carbocycles. The number of halogens is 2. The lowest BCUT2D eigenvalue weighted by Gasteiger charge is -2.31. The van der Waals surface area contributed by atoms with Gasteiger partial charge in [0.25, 0.3) is 0 Å². The van der Waals surface area contributed by atoms with Crippen LogP contribution in [0, 0.1) is 0 Å². The van der Waals surface area contributed by atoms with Gasteiger partial charge in [-0.05, 0) is 47.4 Å². The number of rotatable bonds is 8. The smallest absolute Gasteiger partial charge is 0.108 e. The van der Waals surface area contributed by atoms with E-state index in [1.54, 1.807) is 0 Å². The van der Waals surface area contributed by atoms with E-state index in [4.69, 9.17) is 27.9 Å². The van der Waals surface area contributed by atoms with Crippen LogP contribution >= 0.6 is 46.7 Å². The Bertz CT molecular complexity index is 885. The van der Waals surface area contributed by atoms with Crippen LogP contribution in [0.15, 0.2) is 78.9 Å². The fourth-order valence-electron chi connectivity index (χ4n) is 3.50. The predicted octanol–water partition coefficient (Wildman–Crippen LogP) is 7.71. The molecule has 0 spiro atoms. The summed E-state index contributed by atoms with van der Waals surface area (Å²) in [4.78, 5) is 2.49. The Kier molecular flexibility index (Phi) is 8.65. The van der Waals surface area contributed by atoms with E-state index < -0.39 is 0 Å². The molecule has 1 aliphatic heterocycles. The molecule has 1 saturated heterocycles. The second-order valence-corrected chi connectivity index (χ2v) is 11.0. The van der Waals surface area contributed by atoms with Crippen LogP contribution in [0.25, 0.3) is 0 Å². The van der Waals surface area contributed by atoms with E-state index in [1.165, 1.54) is 5.56 Å². The van der Waals surface area contributed by atoms with Crippen LogP contribution in [-0.4, -0.2) is 27.8 Å². The second-order valence-electron chi connectivity index (χ2n) is 7.48. The molecule has 6 heteroatoms. The molecule has 4 rings (SSSR count). The minimum absolute atomic E-state index is 0.122. The molecule has 3 aromatic rings. The normalized spacial score (nSPS) is 15.5. The standard InChI is InChI=1S/C25H25Cl2NOS2/c26-22-10-6-20(7-11-22)25(21-8-12-23(27)13-9-21)29-15-14-24-30-17-28(18-31-24)16-19-4-2-1-3-5-19/h1-13,24-25H,14-18H2. The predicted molar refractivity (Wildman–Crippen MR) is 136 cm³/mol. The van der Waals surface area contributed by atoms with Gasteiger partial charge in [0.05, 0.1) is 4.58 Å². The van der Waals surface area contributed by atoms with Gasteiger partial charge in [-0.2, -0.15) is 0 Å². The molecule has 1 aliphatic rings. The Hall–Kier alpha value is -1.14. The third kappa shape index (κ3) is 6.92. The molecule has 0 bridgehead atoms. The maximum absolute atomic E-state index is 6.39. The van der Waals surface area contributed by atoms with Gasteiger partial charge in [-0.15, -0.1) is 23.5 Å². The molecule has 162 valence electrons. The summed E-state index contributed by atoms with van der Waals surface area (Å²) in [6.45, 7) is 1.72. The van der Waals surface area contributed by atoms with E-state index in [9.17, 15) is 0 Å². The Morgan fingerprint density at radius 2 is 1.35 bits per heavy atom. The Labute approximate surface area is 203 Å². The van der Waals surface area contributed by atoms with Crippen molar-refractivity contribution in [2.45, 2.75) is 23.7 Å². The Morgan fingerprint density at radius 1 is 0.806 bits per heavy atom. The second kappa shape index (κ2) is 11.6. The molecule has 0 N–H and O–H groups in total. The summed E-state index contributed by atoms with van der Waals surface area (Å²) in [6, 6.07) is 26.5. The number of nitrogens with zero attached hydrogens (tertiary/aromatic N) is 1. The molecular formula is C25H25Cl2NOS2. The lowest BCUT2D eigenvalue weighted by Crippen LogP contribution is -2.29. The molecule has 1 fully saturated rings. The number of thioether (sulfide) groups is 2. The van der Waals surface area contributed by atoms with Crippen LogP contribution in [0.2, 0.25) is 10.0 Å². The molecule has 0 amide bonds. The summed E-state index contributed by atoms with van der Waals surface area (Å²) in [7, 11) is 0. The lowest BCUT2D eigenvalue weighted by molar-refractivity contribution is 0.0802. The van der Waals surface area contributed by atoms with E-state index in [-0.39, 0.29) is 6.10 Å². The van der Waals surface area contributed by atoms with E-state index in [1.807, 2.05) is 72.1 Å². The van der Waals surface area contributed by atoms with Crippen LogP contribution in [0.1, 0.15) is 29.2 Å². The average Bonchev–Trinajstić information content (AvgIpc) is 2.80. The molecule has 0 aliphatic carbocycles. The number of hydrogen-bond acceptors (Lipinski definition) is 4. The van der Waals surface area contributed by atoms with Crippen LogP contribution < -0.4 is 0 Å². The molecule has 0 saturated carbocycles. The van der Waals surface area contributed by atoms with Gasteiger partial charge in [0.2, 0.25) is 0 Å². The zero-order chi connectivity index (χ0) is 21.5. The molecular weight excluding hydrogens is 465 g/mol. The maximum atomic E-state index is 6.39. The van der Waals surface area contributed by atoms with Gasteiger partial charge in [0, 0.05) is 35.0 Å². The van der Waals surface area contributed by atoms with Crippen LogP contribution in [-0.2, 0) is 11.3 Å². The van der Waals surface area contributed by atoms with Gasteiger partial charge < -0.3 is 4.74 Å². The first-order valence-corrected chi connectivity index (χ1v) is 13.1. The number of ether oxygens (including phenoxy) is 1. The first-order chi connectivity index (χ1) is 15.2. The fraction of sp³-hybridized carbons (Fsp3) is 0.280. The van der Waals surface area contributed by atoms with Crippen molar-refractivity contribution < 1.29 is 4.74 Å². The first kappa shape index (κ1) is 23.0. The topological polar surface area (TPSA) is 12.5 Å². The minimum Gasteiger partial charge on any atom is -0.369 e. The van der Waals surface area contributed by atoms with E-state index in [0.717, 1.165) is 45.9 Å². The van der Waals surface area contributed by atoms with Gasteiger partial charge in [0.15, 0.2) is 0 Å². The van der Waals surface area contributed by atoms with Gasteiger partial charge in [-0.25, -0.2) is 0 Å². The van der Waals surface area contributed by atoms with Crippen molar-refractivity contribution in [2.24, 2.45) is 0 Å². The molecule has 31 heavy (non-hydrogen) atoms. The van der Waals surface area contributed by atoms with Crippen molar-refractivity contribution in [1.29, 1.82) is 0 Å². The molecule has 0 aromatic heterocycles. The van der Waals surface area contributed by atoms with Gasteiger partial charge in [-0.1, -0.05) is 77.8 Å². The summed E-state index contributed by atoms with van der Waals surface area (Å²) in [5, 5.41) is 1.46. The van der Waals surface area contributed by atoms with Crippen molar-refractivity contribution in [3.05, 3.63) is 106 Å². The van der Waals surface area contributed by atoms with Crippen LogP contribution in [0.4, 0.5) is 0 Å². The number of hydrogen-bond donors (Lipinski definition) is 0.